The van der Waals surface area contributed by atoms with E-state index in [0.29, 0.717) is 13.2 Å². The Morgan fingerprint density at radius 1 is 1.47 bits per heavy atom. The van der Waals surface area contributed by atoms with Crippen molar-refractivity contribution < 1.29 is 19.4 Å². The summed E-state index contributed by atoms with van der Waals surface area (Å²) in [6, 6.07) is 1.29. The summed E-state index contributed by atoms with van der Waals surface area (Å²) >= 11 is 0. The van der Waals surface area contributed by atoms with Crippen LogP contribution < -0.4 is 5.32 Å². The van der Waals surface area contributed by atoms with E-state index in [0.717, 1.165) is 0 Å². The highest BCUT2D eigenvalue weighted by molar-refractivity contribution is 5.87. The van der Waals surface area contributed by atoms with E-state index in [2.05, 4.69) is 15.3 Å². The van der Waals surface area contributed by atoms with Crippen LogP contribution in [-0.2, 0) is 9.53 Å². The molecule has 1 atom stereocenters. The molecule has 1 saturated heterocycles. The first-order chi connectivity index (χ1) is 9.15. The van der Waals surface area contributed by atoms with Crippen LogP contribution in [0.3, 0.4) is 0 Å². The number of morpholine rings is 1. The van der Waals surface area contributed by atoms with E-state index in [1.54, 1.807) is 6.07 Å². The van der Waals surface area contributed by atoms with Gasteiger partial charge in [0.05, 0.1) is 19.1 Å². The number of carboxylic acid groups (broad SMARTS) is 1. The highest BCUT2D eigenvalue weighted by atomic mass is 16.5. The van der Waals surface area contributed by atoms with Gasteiger partial charge in [0.1, 0.15) is 0 Å². The number of ether oxygens (including phenoxy) is 1. The maximum atomic E-state index is 11.9. The van der Waals surface area contributed by atoms with Crippen LogP contribution in [0.5, 0.6) is 0 Å². The molecule has 102 valence electrons. The lowest BCUT2D eigenvalue weighted by Crippen LogP contribution is -2.48. The normalized spacial score (nSPS) is 18.9. The summed E-state index contributed by atoms with van der Waals surface area (Å²) in [5, 5.41) is 11.3. The van der Waals surface area contributed by atoms with Crippen molar-refractivity contribution in [1.82, 2.24) is 14.9 Å². The molecule has 2 rings (SSSR count). The number of carbonyl (C=O) groups excluding carboxylic acids is 1. The fourth-order valence-corrected chi connectivity index (χ4v) is 1.76. The van der Waals surface area contributed by atoms with Gasteiger partial charge in [-0.15, -0.1) is 0 Å². The van der Waals surface area contributed by atoms with Crippen LogP contribution in [0.15, 0.2) is 18.5 Å². The van der Waals surface area contributed by atoms with E-state index in [-0.39, 0.29) is 24.9 Å². The summed E-state index contributed by atoms with van der Waals surface area (Å²) in [6.45, 7) is 0.973. The Balaban J connectivity index is 1.90. The smallest absolute Gasteiger partial charge is 0.324 e. The average Bonchev–Trinajstić information content (AvgIpc) is 2.39. The van der Waals surface area contributed by atoms with Crippen molar-refractivity contribution in [3.05, 3.63) is 18.5 Å². The topological polar surface area (TPSA) is 105 Å². The molecule has 0 spiro atoms. The molecule has 0 radical (unpaired) electrons. The van der Waals surface area contributed by atoms with Crippen LogP contribution in [0, 0.1) is 0 Å². The molecule has 0 aromatic carbocycles. The minimum absolute atomic E-state index is 0.119. The number of carbonyl (C=O) groups is 2. The zero-order chi connectivity index (χ0) is 13.7. The van der Waals surface area contributed by atoms with Crippen molar-refractivity contribution in [2.75, 3.05) is 25.0 Å². The van der Waals surface area contributed by atoms with Crippen molar-refractivity contribution in [2.45, 2.75) is 12.5 Å². The molecule has 19 heavy (non-hydrogen) atoms. The van der Waals surface area contributed by atoms with Crippen molar-refractivity contribution in [3.8, 4) is 0 Å². The molecule has 2 N–H and O–H groups in total. The van der Waals surface area contributed by atoms with Gasteiger partial charge in [0, 0.05) is 25.5 Å². The van der Waals surface area contributed by atoms with E-state index < -0.39 is 12.1 Å². The number of anilines is 1. The van der Waals surface area contributed by atoms with Crippen LogP contribution in [0.25, 0.3) is 0 Å². The Bertz CT molecular complexity index is 453. The maximum Gasteiger partial charge on any atom is 0.324 e. The fourth-order valence-electron chi connectivity index (χ4n) is 1.76. The first-order valence-corrected chi connectivity index (χ1v) is 5.81. The summed E-state index contributed by atoms with van der Waals surface area (Å²) < 4.78 is 5.29. The number of urea groups is 1. The molecule has 1 aliphatic heterocycles. The number of amides is 2. The highest BCUT2D eigenvalue weighted by Crippen LogP contribution is 2.10. The summed E-state index contributed by atoms with van der Waals surface area (Å²) in [7, 11) is 0. The number of nitrogens with zero attached hydrogens (tertiary/aromatic N) is 3. The molecule has 1 fully saturated rings. The second kappa shape index (κ2) is 6.10. The molecule has 1 unspecified atom stereocenters. The Kier molecular flexibility index (Phi) is 4.24. The zero-order valence-electron chi connectivity index (χ0n) is 10.2. The minimum Gasteiger partial charge on any atom is -0.481 e. The standard InChI is InChI=1S/C11H14N4O4/c16-9(17)6-8-7-15(4-5-19-8)11(18)14-10-12-2-1-3-13-10/h1-3,8H,4-7H2,(H,16,17)(H,12,13,14,18). The number of nitrogens with one attached hydrogen (secondary N) is 1. The lowest BCUT2D eigenvalue weighted by molar-refractivity contribution is -0.141. The Labute approximate surface area is 109 Å². The third-order valence-electron chi connectivity index (χ3n) is 2.61. The number of hydrogen-bond donors (Lipinski definition) is 2. The maximum absolute atomic E-state index is 11.9. The second-order valence-corrected chi connectivity index (χ2v) is 4.04. The molecular formula is C11H14N4O4. The fraction of sp³-hybridized carbons (Fsp3) is 0.455. The molecule has 1 aliphatic rings. The molecule has 8 nitrogen and oxygen atoms in total. The molecule has 1 aromatic rings. The summed E-state index contributed by atoms with van der Waals surface area (Å²) in [6.07, 6.45) is 2.45. The largest absolute Gasteiger partial charge is 0.481 e. The third-order valence-corrected chi connectivity index (χ3v) is 2.61. The van der Waals surface area contributed by atoms with Gasteiger partial charge < -0.3 is 14.7 Å². The summed E-state index contributed by atoms with van der Waals surface area (Å²) in [5.41, 5.74) is 0. The van der Waals surface area contributed by atoms with Crippen molar-refractivity contribution in [3.63, 3.8) is 0 Å². The third kappa shape index (κ3) is 3.88. The van der Waals surface area contributed by atoms with Gasteiger partial charge >= 0.3 is 12.0 Å². The van der Waals surface area contributed by atoms with Crippen LogP contribution in [0.2, 0.25) is 0 Å². The number of hydrogen-bond acceptors (Lipinski definition) is 5. The molecule has 1 aromatic heterocycles. The van der Waals surface area contributed by atoms with Crippen LogP contribution in [-0.4, -0.2) is 57.8 Å². The van der Waals surface area contributed by atoms with Crippen molar-refractivity contribution in [2.24, 2.45) is 0 Å². The quantitative estimate of drug-likeness (QED) is 0.808. The lowest BCUT2D eigenvalue weighted by Gasteiger charge is -2.32. The Hall–Kier alpha value is -2.22. The first kappa shape index (κ1) is 13.2. The van der Waals surface area contributed by atoms with E-state index in [1.165, 1.54) is 17.3 Å². The van der Waals surface area contributed by atoms with Gasteiger partial charge in [0.25, 0.3) is 0 Å². The lowest BCUT2D eigenvalue weighted by atomic mass is 10.2. The number of rotatable bonds is 3. The zero-order valence-corrected chi connectivity index (χ0v) is 10.2. The van der Waals surface area contributed by atoms with Gasteiger partial charge in [0.15, 0.2) is 0 Å². The molecule has 2 amide bonds. The average molecular weight is 266 g/mol. The van der Waals surface area contributed by atoms with Crippen LogP contribution in [0.1, 0.15) is 6.42 Å². The molecule has 0 bridgehead atoms. The minimum atomic E-state index is -0.946. The van der Waals surface area contributed by atoms with E-state index >= 15 is 0 Å². The van der Waals surface area contributed by atoms with Gasteiger partial charge in [-0.05, 0) is 6.07 Å². The molecule has 2 heterocycles. The molecule has 0 aliphatic carbocycles. The molecular weight excluding hydrogens is 252 g/mol. The Morgan fingerprint density at radius 3 is 2.89 bits per heavy atom. The Morgan fingerprint density at radius 2 is 2.21 bits per heavy atom. The van der Waals surface area contributed by atoms with E-state index in [9.17, 15) is 9.59 Å². The number of aliphatic carboxylic acids is 1. The van der Waals surface area contributed by atoms with Crippen molar-refractivity contribution >= 4 is 17.9 Å². The number of carboxylic acids is 1. The first-order valence-electron chi connectivity index (χ1n) is 5.81. The predicted molar refractivity (Wildman–Crippen MR) is 64.6 cm³/mol. The van der Waals surface area contributed by atoms with Crippen LogP contribution >= 0.6 is 0 Å². The van der Waals surface area contributed by atoms with E-state index in [1.807, 2.05) is 0 Å². The molecule has 0 saturated carbocycles. The van der Waals surface area contributed by atoms with Gasteiger partial charge in [-0.25, -0.2) is 14.8 Å². The van der Waals surface area contributed by atoms with Gasteiger partial charge in [-0.3, -0.25) is 10.1 Å². The van der Waals surface area contributed by atoms with Crippen LogP contribution in [0.4, 0.5) is 10.7 Å². The summed E-state index contributed by atoms with van der Waals surface area (Å²) in [5.74, 6) is -0.729. The van der Waals surface area contributed by atoms with Gasteiger partial charge in [-0.2, -0.15) is 0 Å². The molecule has 8 heteroatoms. The summed E-state index contributed by atoms with van der Waals surface area (Å²) in [4.78, 5) is 31.8. The van der Waals surface area contributed by atoms with Crippen molar-refractivity contribution in [1.29, 1.82) is 0 Å². The monoisotopic (exact) mass is 266 g/mol. The van der Waals surface area contributed by atoms with Gasteiger partial charge in [-0.1, -0.05) is 0 Å². The second-order valence-electron chi connectivity index (χ2n) is 4.04. The highest BCUT2D eigenvalue weighted by Gasteiger charge is 2.26. The number of aromatic nitrogens is 2. The predicted octanol–water partition coefficient (Wildman–Crippen LogP) is 0.184. The van der Waals surface area contributed by atoms with E-state index in [4.69, 9.17) is 9.84 Å². The SMILES string of the molecule is O=C(O)CC1CN(C(=O)Nc2ncccn2)CCO1. The van der Waals surface area contributed by atoms with Gasteiger partial charge in [0.2, 0.25) is 5.95 Å².